The first-order valence-electron chi connectivity index (χ1n) is 21.8. The van der Waals surface area contributed by atoms with E-state index < -0.39 is 0 Å². The van der Waals surface area contributed by atoms with Crippen LogP contribution in [0.25, 0.3) is 120 Å². The van der Waals surface area contributed by atoms with Crippen LogP contribution in [0.5, 0.6) is 0 Å². The molecule has 0 unspecified atom stereocenters. The first-order chi connectivity index (χ1) is 30.8. The van der Waals surface area contributed by atoms with E-state index in [0.717, 1.165) is 0 Å². The molecule has 0 spiro atoms. The van der Waals surface area contributed by atoms with Gasteiger partial charge < -0.3 is 0 Å². The predicted octanol–water partition coefficient (Wildman–Crippen LogP) is 18.0. The summed E-state index contributed by atoms with van der Waals surface area (Å²) in [6.07, 6.45) is 0. The van der Waals surface area contributed by atoms with Gasteiger partial charge in [-0.1, -0.05) is 220 Å². The molecule has 0 radical (unpaired) electrons. The van der Waals surface area contributed by atoms with Crippen molar-refractivity contribution in [1.29, 1.82) is 0 Å². The van der Waals surface area contributed by atoms with E-state index in [0.29, 0.717) is 0 Å². The molecule has 0 saturated heterocycles. The molecule has 0 heteroatoms. The fourth-order valence-corrected chi connectivity index (χ4v) is 9.89. The van der Waals surface area contributed by atoms with Gasteiger partial charge in [-0.3, -0.25) is 0 Å². The molecule has 12 aromatic rings. The molecule has 0 heterocycles. The Morgan fingerprint density at radius 2 is 0.452 bits per heavy atom. The number of fused-ring (bicyclic) bond motifs is 6. The molecule has 0 atom stereocenters. The molecule has 0 aliphatic carbocycles. The second-order valence-corrected chi connectivity index (χ2v) is 16.0. The first kappa shape index (κ1) is 37.2. The highest BCUT2D eigenvalue weighted by molar-refractivity contribution is 6.23. The molecular formula is C62H44. The molecule has 62 heavy (non-hydrogen) atoms. The summed E-state index contributed by atoms with van der Waals surface area (Å²) in [5, 5.41) is 15.1. The van der Waals surface area contributed by atoms with Crippen molar-refractivity contribution in [3.63, 3.8) is 0 Å². The Kier molecular flexibility index (Phi) is 9.40. The Morgan fingerprint density at radius 3 is 0.919 bits per heavy atom. The van der Waals surface area contributed by atoms with Gasteiger partial charge in [0.2, 0.25) is 0 Å². The van der Waals surface area contributed by atoms with Crippen molar-refractivity contribution in [3.05, 3.63) is 231 Å². The second kappa shape index (κ2) is 15.7. The third kappa shape index (κ3) is 6.23. The van der Waals surface area contributed by atoms with E-state index in [2.05, 4.69) is 231 Å². The molecule has 292 valence electrons. The maximum atomic E-state index is 2.39. The summed E-state index contributed by atoms with van der Waals surface area (Å²) in [5.74, 6) is 0. The lowest BCUT2D eigenvalue weighted by atomic mass is 9.84. The maximum absolute atomic E-state index is 2.39. The topological polar surface area (TPSA) is 0 Å². The summed E-state index contributed by atoms with van der Waals surface area (Å²) in [7, 11) is 0. The molecule has 0 saturated carbocycles. The second-order valence-electron chi connectivity index (χ2n) is 16.0. The van der Waals surface area contributed by atoms with Crippen molar-refractivity contribution in [3.8, 4) is 55.6 Å². The minimum atomic E-state index is 1.22. The van der Waals surface area contributed by atoms with Crippen LogP contribution in [0.4, 0.5) is 0 Å². The van der Waals surface area contributed by atoms with Crippen LogP contribution >= 0.6 is 0 Å². The van der Waals surface area contributed by atoms with Gasteiger partial charge in [-0.05, 0) is 145 Å². The van der Waals surface area contributed by atoms with E-state index in [9.17, 15) is 0 Å². The van der Waals surface area contributed by atoms with Crippen molar-refractivity contribution in [2.45, 2.75) is 13.8 Å². The molecule has 0 aliphatic heterocycles. The summed E-state index contributed by atoms with van der Waals surface area (Å²) in [4.78, 5) is 0. The van der Waals surface area contributed by atoms with Crippen molar-refractivity contribution >= 4 is 64.6 Å². The zero-order chi connectivity index (χ0) is 41.6. The SMILES string of the molecule is CC.c1ccc(-c2c3ccccc3c(-c3ccc4cc(-c5c6ccccc6c(-c6cccc(-c7ccc8ccccc8c7)c6)c6ccccc56)ccc4c3)c3ccccc23)cc1. The Hall–Kier alpha value is -7.80. The fourth-order valence-electron chi connectivity index (χ4n) is 9.89. The average Bonchev–Trinajstić information content (AvgIpc) is 3.35. The molecule has 12 aromatic carbocycles. The monoisotopic (exact) mass is 788 g/mol. The van der Waals surface area contributed by atoms with Crippen LogP contribution in [0.15, 0.2) is 231 Å². The Morgan fingerprint density at radius 1 is 0.177 bits per heavy atom. The quantitative estimate of drug-likeness (QED) is 0.152. The van der Waals surface area contributed by atoms with Gasteiger partial charge in [0.25, 0.3) is 0 Å². The van der Waals surface area contributed by atoms with Crippen LogP contribution in [0.3, 0.4) is 0 Å². The molecule has 0 bridgehead atoms. The highest BCUT2D eigenvalue weighted by atomic mass is 14.2. The smallest absolute Gasteiger partial charge is 0.00262 e. The van der Waals surface area contributed by atoms with E-state index in [4.69, 9.17) is 0 Å². The van der Waals surface area contributed by atoms with E-state index >= 15 is 0 Å². The highest BCUT2D eigenvalue weighted by Crippen LogP contribution is 2.47. The molecule has 12 rings (SSSR count). The van der Waals surface area contributed by atoms with E-state index in [1.807, 2.05) is 13.8 Å². The van der Waals surface area contributed by atoms with Gasteiger partial charge in [0.05, 0.1) is 0 Å². The van der Waals surface area contributed by atoms with Crippen LogP contribution in [-0.2, 0) is 0 Å². The van der Waals surface area contributed by atoms with Gasteiger partial charge in [-0.2, -0.15) is 0 Å². The third-order valence-electron chi connectivity index (χ3n) is 12.6. The van der Waals surface area contributed by atoms with Gasteiger partial charge in [-0.25, -0.2) is 0 Å². The molecule has 0 fully saturated rings. The fraction of sp³-hybridized carbons (Fsp3) is 0.0323. The number of rotatable bonds is 5. The van der Waals surface area contributed by atoms with Crippen molar-refractivity contribution in [1.82, 2.24) is 0 Å². The third-order valence-corrected chi connectivity index (χ3v) is 12.6. The minimum absolute atomic E-state index is 1.22. The molecule has 0 aliphatic rings. The lowest BCUT2D eigenvalue weighted by molar-refractivity contribution is 1.50. The Bertz CT molecular complexity index is 3530. The number of hydrogen-bond donors (Lipinski definition) is 0. The average molecular weight is 789 g/mol. The van der Waals surface area contributed by atoms with E-state index in [1.54, 1.807) is 0 Å². The molecule has 0 N–H and O–H groups in total. The van der Waals surface area contributed by atoms with Crippen LogP contribution < -0.4 is 0 Å². The van der Waals surface area contributed by atoms with Gasteiger partial charge >= 0.3 is 0 Å². The normalized spacial score (nSPS) is 11.4. The maximum Gasteiger partial charge on any atom is -0.00262 e. The predicted molar refractivity (Wildman–Crippen MR) is 270 cm³/mol. The lowest BCUT2D eigenvalue weighted by Crippen LogP contribution is -1.92. The van der Waals surface area contributed by atoms with Gasteiger partial charge in [0.15, 0.2) is 0 Å². The Balaban J connectivity index is 0.00000213. The van der Waals surface area contributed by atoms with Crippen LogP contribution in [0.1, 0.15) is 13.8 Å². The molecule has 0 amide bonds. The van der Waals surface area contributed by atoms with Crippen LogP contribution in [0, 0.1) is 0 Å². The van der Waals surface area contributed by atoms with Crippen molar-refractivity contribution in [2.24, 2.45) is 0 Å². The summed E-state index contributed by atoms with van der Waals surface area (Å²) in [6, 6.07) is 85.1. The minimum Gasteiger partial charge on any atom is -0.0683 e. The zero-order valence-corrected chi connectivity index (χ0v) is 34.9. The summed E-state index contributed by atoms with van der Waals surface area (Å²) in [5.41, 5.74) is 12.5. The van der Waals surface area contributed by atoms with Gasteiger partial charge in [0.1, 0.15) is 0 Å². The summed E-state index contributed by atoms with van der Waals surface area (Å²) < 4.78 is 0. The standard InChI is InChI=1S/C60H38.C2H6/c1-2-16-40(17-3-1)57-49-21-6-8-23-51(49)59(52-24-9-7-22-50(52)57)47-33-31-45-38-48(34-32-44(45)37-47)60-55-27-12-10-25-53(55)58(54-26-11-13-28-56(54)60)46-20-14-19-42(36-46)43-30-29-39-15-4-5-18-41(39)35-43;1-2/h1-38H;1-2H3. The summed E-state index contributed by atoms with van der Waals surface area (Å²) >= 11 is 0. The van der Waals surface area contributed by atoms with E-state index in [-0.39, 0.29) is 0 Å². The largest absolute Gasteiger partial charge is 0.0683 e. The van der Waals surface area contributed by atoms with Gasteiger partial charge in [0, 0.05) is 0 Å². The van der Waals surface area contributed by atoms with Crippen LogP contribution in [-0.4, -0.2) is 0 Å². The number of benzene rings is 12. The first-order valence-corrected chi connectivity index (χ1v) is 21.8. The zero-order valence-electron chi connectivity index (χ0n) is 34.9. The van der Waals surface area contributed by atoms with Crippen molar-refractivity contribution < 1.29 is 0 Å². The van der Waals surface area contributed by atoms with Crippen LogP contribution in [0.2, 0.25) is 0 Å². The molecule has 0 aromatic heterocycles. The lowest BCUT2D eigenvalue weighted by Gasteiger charge is -2.19. The Labute approximate surface area is 363 Å². The molecular weight excluding hydrogens is 745 g/mol. The van der Waals surface area contributed by atoms with Gasteiger partial charge in [-0.15, -0.1) is 0 Å². The highest BCUT2D eigenvalue weighted by Gasteiger charge is 2.19. The van der Waals surface area contributed by atoms with Crippen molar-refractivity contribution in [2.75, 3.05) is 0 Å². The van der Waals surface area contributed by atoms with E-state index in [1.165, 1.54) is 120 Å². The molecule has 0 nitrogen and oxygen atoms in total. The summed E-state index contributed by atoms with van der Waals surface area (Å²) in [6.45, 7) is 4.00. The number of hydrogen-bond acceptors (Lipinski definition) is 0.